The molecule has 0 bridgehead atoms. The third-order valence-electron chi connectivity index (χ3n) is 2.08. The van der Waals surface area contributed by atoms with Crippen LogP contribution in [0.25, 0.3) is 0 Å². The summed E-state index contributed by atoms with van der Waals surface area (Å²) in [7, 11) is 0. The van der Waals surface area contributed by atoms with Gasteiger partial charge in [0.1, 0.15) is 0 Å². The molecule has 0 spiro atoms. The fourth-order valence-corrected chi connectivity index (χ4v) is 1.39. The van der Waals surface area contributed by atoms with E-state index in [1.54, 1.807) is 0 Å². The highest BCUT2D eigenvalue weighted by atomic mass is 16.5. The minimum Gasteiger partial charge on any atom is -0.381 e. The molecule has 0 atom stereocenters. The van der Waals surface area contributed by atoms with Crippen LogP contribution >= 0.6 is 0 Å². The summed E-state index contributed by atoms with van der Waals surface area (Å²) in [6.07, 6.45) is 10.1. The Bertz CT molecular complexity index is 84.8. The highest BCUT2D eigenvalue weighted by Gasteiger charge is 1.95. The van der Waals surface area contributed by atoms with Gasteiger partial charge in [-0.15, -0.1) is 0 Å². The smallest absolute Gasteiger partial charge is 0.0466 e. The maximum atomic E-state index is 4.94. The monoisotopic (exact) mass is 258 g/mol. The summed E-state index contributed by atoms with van der Waals surface area (Å²) in [5.74, 6) is 1.67. The summed E-state index contributed by atoms with van der Waals surface area (Å²) in [6, 6.07) is 0. The molecule has 0 aromatic rings. The van der Waals surface area contributed by atoms with Gasteiger partial charge in [-0.3, -0.25) is 0 Å². The van der Waals surface area contributed by atoms with Crippen LogP contribution in [0.3, 0.4) is 0 Å². The number of ether oxygens (including phenoxy) is 1. The molecule has 1 aliphatic carbocycles. The molecule has 18 heavy (non-hydrogen) atoms. The zero-order valence-electron chi connectivity index (χ0n) is 13.9. The molecule has 1 nitrogen and oxygen atoms in total. The molecule has 2 fully saturated rings. The number of hydrogen-bond donors (Lipinski definition) is 0. The van der Waals surface area contributed by atoms with E-state index in [1.807, 2.05) is 0 Å². The Hall–Kier alpha value is -0.0400. The lowest BCUT2D eigenvalue weighted by Crippen LogP contribution is -1.74. The van der Waals surface area contributed by atoms with E-state index in [0.717, 1.165) is 25.0 Å². The van der Waals surface area contributed by atoms with Crippen molar-refractivity contribution >= 4 is 0 Å². The van der Waals surface area contributed by atoms with E-state index in [1.165, 1.54) is 44.9 Å². The second-order valence-corrected chi connectivity index (χ2v) is 6.55. The second kappa shape index (κ2) is 17.0. The van der Waals surface area contributed by atoms with Crippen molar-refractivity contribution in [1.82, 2.24) is 0 Å². The van der Waals surface area contributed by atoms with Crippen molar-refractivity contribution in [1.29, 1.82) is 0 Å². The van der Waals surface area contributed by atoms with Gasteiger partial charge < -0.3 is 4.74 Å². The molecule has 1 saturated heterocycles. The minimum atomic E-state index is 0.833. The van der Waals surface area contributed by atoms with Crippen molar-refractivity contribution in [2.75, 3.05) is 13.2 Å². The maximum absolute atomic E-state index is 4.94. The summed E-state index contributed by atoms with van der Waals surface area (Å²) in [5, 5.41) is 0. The molecular formula is C17H38O. The van der Waals surface area contributed by atoms with Gasteiger partial charge in [-0.1, -0.05) is 73.6 Å². The van der Waals surface area contributed by atoms with Crippen LogP contribution in [-0.4, -0.2) is 13.2 Å². The Morgan fingerprint density at radius 1 is 0.500 bits per heavy atom. The van der Waals surface area contributed by atoms with E-state index >= 15 is 0 Å². The molecule has 0 amide bonds. The van der Waals surface area contributed by atoms with E-state index in [4.69, 9.17) is 4.74 Å². The first-order chi connectivity index (χ1) is 8.46. The minimum absolute atomic E-state index is 0.833. The van der Waals surface area contributed by atoms with Gasteiger partial charge in [0.05, 0.1) is 0 Å². The molecule has 0 aromatic heterocycles. The number of hydrogen-bond acceptors (Lipinski definition) is 1. The van der Waals surface area contributed by atoms with Crippen molar-refractivity contribution in [3.05, 3.63) is 0 Å². The first kappa shape index (κ1) is 20.3. The quantitative estimate of drug-likeness (QED) is 0.512. The van der Waals surface area contributed by atoms with Gasteiger partial charge >= 0.3 is 0 Å². The van der Waals surface area contributed by atoms with Crippen molar-refractivity contribution in [2.24, 2.45) is 11.8 Å². The Labute approximate surface area is 117 Å². The molecule has 1 saturated carbocycles. The van der Waals surface area contributed by atoms with Crippen molar-refractivity contribution in [2.45, 2.75) is 86.5 Å². The highest BCUT2D eigenvalue weighted by molar-refractivity contribution is 4.51. The summed E-state index contributed by atoms with van der Waals surface area (Å²) >= 11 is 0. The molecule has 0 aromatic carbocycles. The van der Waals surface area contributed by atoms with Crippen LogP contribution < -0.4 is 0 Å². The lowest BCUT2D eigenvalue weighted by molar-refractivity contribution is 0.198. The van der Waals surface area contributed by atoms with Crippen molar-refractivity contribution in [3.8, 4) is 0 Å². The molecule has 0 radical (unpaired) electrons. The normalized spacial score (nSPS) is 17.3. The third-order valence-corrected chi connectivity index (χ3v) is 2.08. The van der Waals surface area contributed by atoms with Gasteiger partial charge in [0.15, 0.2) is 0 Å². The van der Waals surface area contributed by atoms with Gasteiger partial charge in [-0.2, -0.15) is 0 Å². The zero-order valence-corrected chi connectivity index (χ0v) is 13.9. The standard InChI is InChI=1S/C5H10.C4H8O.2C4H10/c2*1-2-4-5-3-1;2*1-4(2)3/h1-5H2;1-4H2;2*4H,1-3H3. The molecule has 1 aliphatic heterocycles. The predicted octanol–water partition coefficient (Wildman–Crippen LogP) is 6.07. The Kier molecular flexibility index (Phi) is 19.1. The topological polar surface area (TPSA) is 9.23 Å². The van der Waals surface area contributed by atoms with Crippen LogP contribution in [0.2, 0.25) is 0 Å². The molecule has 1 heteroatoms. The van der Waals surface area contributed by atoms with Crippen LogP contribution in [0, 0.1) is 11.8 Å². The van der Waals surface area contributed by atoms with Gasteiger partial charge in [0, 0.05) is 13.2 Å². The van der Waals surface area contributed by atoms with Crippen LogP contribution in [0.15, 0.2) is 0 Å². The van der Waals surface area contributed by atoms with E-state index in [9.17, 15) is 0 Å². The number of rotatable bonds is 0. The lowest BCUT2D eigenvalue weighted by Gasteiger charge is -1.79. The molecular weight excluding hydrogens is 220 g/mol. The first-order valence-electron chi connectivity index (χ1n) is 8.04. The van der Waals surface area contributed by atoms with Gasteiger partial charge in [0.2, 0.25) is 0 Å². The third kappa shape index (κ3) is 36.0. The Balaban J connectivity index is 0. The van der Waals surface area contributed by atoms with Crippen molar-refractivity contribution in [3.63, 3.8) is 0 Å². The average Bonchev–Trinajstić information content (AvgIpc) is 2.96. The van der Waals surface area contributed by atoms with E-state index in [0.29, 0.717) is 0 Å². The highest BCUT2D eigenvalue weighted by Crippen LogP contribution is 2.15. The van der Waals surface area contributed by atoms with E-state index in [2.05, 4.69) is 41.5 Å². The second-order valence-electron chi connectivity index (χ2n) is 6.55. The maximum Gasteiger partial charge on any atom is 0.0466 e. The molecule has 112 valence electrons. The fraction of sp³-hybridized carbons (Fsp3) is 1.00. The van der Waals surface area contributed by atoms with Crippen molar-refractivity contribution < 1.29 is 4.74 Å². The summed E-state index contributed by atoms with van der Waals surface area (Å²) < 4.78 is 4.94. The average molecular weight is 258 g/mol. The lowest BCUT2D eigenvalue weighted by atomic mass is 10.3. The van der Waals surface area contributed by atoms with Crippen LogP contribution in [0.4, 0.5) is 0 Å². The predicted molar refractivity (Wildman–Crippen MR) is 84.2 cm³/mol. The van der Waals surface area contributed by atoms with E-state index < -0.39 is 0 Å². The SMILES string of the molecule is C1CCCC1.C1CCOC1.CC(C)C.CC(C)C. The molecule has 0 unspecified atom stereocenters. The van der Waals surface area contributed by atoms with Gasteiger partial charge in [-0.05, 0) is 24.7 Å². The Morgan fingerprint density at radius 3 is 0.833 bits per heavy atom. The van der Waals surface area contributed by atoms with Gasteiger partial charge in [-0.25, -0.2) is 0 Å². The summed E-state index contributed by atoms with van der Waals surface area (Å²) in [5.41, 5.74) is 0. The molecule has 2 aliphatic rings. The Morgan fingerprint density at radius 2 is 0.722 bits per heavy atom. The fourth-order valence-electron chi connectivity index (χ4n) is 1.39. The molecule has 2 rings (SSSR count). The summed E-state index contributed by atoms with van der Waals surface area (Å²) in [6.45, 7) is 15.0. The van der Waals surface area contributed by atoms with Crippen LogP contribution in [0.1, 0.15) is 86.5 Å². The summed E-state index contributed by atoms with van der Waals surface area (Å²) in [4.78, 5) is 0. The first-order valence-corrected chi connectivity index (χ1v) is 8.04. The molecule has 0 N–H and O–H groups in total. The van der Waals surface area contributed by atoms with Crippen LogP contribution in [0.5, 0.6) is 0 Å². The van der Waals surface area contributed by atoms with Gasteiger partial charge in [0.25, 0.3) is 0 Å². The zero-order chi connectivity index (χ0) is 14.2. The van der Waals surface area contributed by atoms with Crippen LogP contribution in [-0.2, 0) is 4.74 Å². The van der Waals surface area contributed by atoms with E-state index in [-0.39, 0.29) is 0 Å². The largest absolute Gasteiger partial charge is 0.381 e. The molecule has 1 heterocycles.